The van der Waals surface area contributed by atoms with Crippen LogP contribution in [-0.4, -0.2) is 22.6 Å². The van der Waals surface area contributed by atoms with Crippen molar-refractivity contribution in [2.75, 3.05) is 14.2 Å². The number of hydrogen-bond acceptors (Lipinski definition) is 4. The lowest BCUT2D eigenvalue weighted by molar-refractivity contribution is 0.390. The van der Waals surface area contributed by atoms with Gasteiger partial charge in [0, 0.05) is 18.2 Å². The van der Waals surface area contributed by atoms with Crippen LogP contribution >= 0.6 is 0 Å². The molecule has 124 valence electrons. The maximum Gasteiger partial charge on any atom is 0.241 e. The number of benzene rings is 2. The highest BCUT2D eigenvalue weighted by atomic mass is 32.2. The summed E-state index contributed by atoms with van der Waals surface area (Å²) in [6, 6.07) is 10.6. The lowest BCUT2D eigenvalue weighted by Crippen LogP contribution is -2.24. The highest BCUT2D eigenvalue weighted by Gasteiger charge is 2.17. The van der Waals surface area contributed by atoms with Crippen molar-refractivity contribution >= 4 is 10.0 Å². The van der Waals surface area contributed by atoms with Crippen LogP contribution in [0.5, 0.6) is 11.5 Å². The Hall–Kier alpha value is -2.05. The molecule has 2 aromatic rings. The largest absolute Gasteiger partial charge is 0.497 e. The van der Waals surface area contributed by atoms with Gasteiger partial charge in [-0.2, -0.15) is 0 Å². The number of hydrogen-bond donors (Lipinski definition) is 1. The summed E-state index contributed by atoms with van der Waals surface area (Å²) in [6.45, 7) is 3.79. The number of rotatable bonds is 6. The van der Waals surface area contributed by atoms with Crippen LogP contribution in [0.3, 0.4) is 0 Å². The molecule has 0 saturated heterocycles. The minimum absolute atomic E-state index is 0.142. The van der Waals surface area contributed by atoms with Crippen molar-refractivity contribution < 1.29 is 17.9 Å². The molecule has 0 atom stereocenters. The molecule has 0 amide bonds. The normalized spacial score (nSPS) is 11.3. The van der Waals surface area contributed by atoms with E-state index in [4.69, 9.17) is 9.47 Å². The molecule has 0 fully saturated rings. The standard InChI is InChI=1S/C17H21NO4S/c1-12-5-6-13(2)17(9-12)23(19,20)18-11-14-7-8-15(21-3)10-16(14)22-4/h5-10,18H,11H2,1-4H3. The minimum atomic E-state index is -3.59. The van der Waals surface area contributed by atoms with Crippen molar-refractivity contribution in [1.82, 2.24) is 4.72 Å². The maximum absolute atomic E-state index is 12.5. The quantitative estimate of drug-likeness (QED) is 0.882. The number of sulfonamides is 1. The highest BCUT2D eigenvalue weighted by Crippen LogP contribution is 2.25. The molecule has 0 spiro atoms. The summed E-state index contributed by atoms with van der Waals surface area (Å²) in [5.74, 6) is 1.23. The van der Waals surface area contributed by atoms with Gasteiger partial charge in [0.05, 0.1) is 19.1 Å². The number of methoxy groups -OCH3 is 2. The molecular weight excluding hydrogens is 314 g/mol. The van der Waals surface area contributed by atoms with Crippen LogP contribution in [0.1, 0.15) is 16.7 Å². The van der Waals surface area contributed by atoms with Crippen molar-refractivity contribution in [3.8, 4) is 11.5 Å². The maximum atomic E-state index is 12.5. The van der Waals surface area contributed by atoms with Crippen molar-refractivity contribution in [3.63, 3.8) is 0 Å². The van der Waals surface area contributed by atoms with Crippen molar-refractivity contribution in [2.24, 2.45) is 0 Å². The lowest BCUT2D eigenvalue weighted by Gasteiger charge is -2.13. The van der Waals surface area contributed by atoms with Crippen molar-refractivity contribution in [3.05, 3.63) is 53.1 Å². The zero-order valence-electron chi connectivity index (χ0n) is 13.7. The average molecular weight is 335 g/mol. The van der Waals surface area contributed by atoms with Gasteiger partial charge in [0.1, 0.15) is 11.5 Å². The number of ether oxygens (including phenoxy) is 2. The van der Waals surface area contributed by atoms with E-state index in [1.165, 1.54) is 7.11 Å². The molecule has 0 aliphatic heterocycles. The Labute approximate surface area is 137 Å². The Bertz CT molecular complexity index is 800. The van der Waals surface area contributed by atoms with E-state index in [0.717, 1.165) is 11.1 Å². The van der Waals surface area contributed by atoms with Gasteiger partial charge in [-0.3, -0.25) is 0 Å². The van der Waals surface area contributed by atoms with Crippen LogP contribution < -0.4 is 14.2 Å². The summed E-state index contributed by atoms with van der Waals surface area (Å²) in [5, 5.41) is 0. The van der Waals surface area contributed by atoms with Crippen LogP contribution in [0.2, 0.25) is 0 Å². The van der Waals surface area contributed by atoms with E-state index in [9.17, 15) is 8.42 Å². The molecule has 0 aliphatic rings. The topological polar surface area (TPSA) is 64.6 Å². The molecule has 0 bridgehead atoms. The second-order valence-electron chi connectivity index (χ2n) is 5.27. The molecule has 0 heterocycles. The fourth-order valence-corrected chi connectivity index (χ4v) is 3.58. The van der Waals surface area contributed by atoms with Gasteiger partial charge in [-0.1, -0.05) is 18.2 Å². The summed E-state index contributed by atoms with van der Waals surface area (Å²) in [6.07, 6.45) is 0. The highest BCUT2D eigenvalue weighted by molar-refractivity contribution is 7.89. The van der Waals surface area contributed by atoms with Crippen LogP contribution in [-0.2, 0) is 16.6 Å². The third kappa shape index (κ3) is 4.03. The predicted octanol–water partition coefficient (Wildman–Crippen LogP) is 2.80. The summed E-state index contributed by atoms with van der Waals surface area (Å²) in [4.78, 5) is 0.296. The van der Waals surface area contributed by atoms with Gasteiger partial charge in [0.25, 0.3) is 0 Å². The second kappa shape index (κ2) is 7.02. The van der Waals surface area contributed by atoms with Gasteiger partial charge in [0.2, 0.25) is 10.0 Å². The molecule has 1 N–H and O–H groups in total. The summed E-state index contributed by atoms with van der Waals surface area (Å²) in [7, 11) is -0.483. The van der Waals surface area contributed by atoms with E-state index >= 15 is 0 Å². The van der Waals surface area contributed by atoms with Gasteiger partial charge in [-0.15, -0.1) is 0 Å². The molecule has 0 aliphatic carbocycles. The Balaban J connectivity index is 2.24. The first-order chi connectivity index (χ1) is 10.9. The number of aryl methyl sites for hydroxylation is 2. The first kappa shape index (κ1) is 17.3. The monoisotopic (exact) mass is 335 g/mol. The molecule has 0 radical (unpaired) electrons. The van der Waals surface area contributed by atoms with Crippen LogP contribution in [0.4, 0.5) is 0 Å². The fourth-order valence-electron chi connectivity index (χ4n) is 2.25. The number of nitrogens with one attached hydrogen (secondary N) is 1. The molecule has 2 rings (SSSR count). The van der Waals surface area contributed by atoms with Crippen LogP contribution in [0.25, 0.3) is 0 Å². The first-order valence-electron chi connectivity index (χ1n) is 7.15. The van der Waals surface area contributed by atoms with E-state index < -0.39 is 10.0 Å². The van der Waals surface area contributed by atoms with Gasteiger partial charge >= 0.3 is 0 Å². The van der Waals surface area contributed by atoms with Crippen LogP contribution in [0, 0.1) is 13.8 Å². The molecule has 6 heteroatoms. The lowest BCUT2D eigenvalue weighted by atomic mass is 10.2. The Morgan fingerprint density at radius 3 is 2.39 bits per heavy atom. The van der Waals surface area contributed by atoms with E-state index in [-0.39, 0.29) is 6.54 Å². The zero-order chi connectivity index (χ0) is 17.0. The average Bonchev–Trinajstić information content (AvgIpc) is 2.54. The van der Waals surface area contributed by atoms with Crippen molar-refractivity contribution in [1.29, 1.82) is 0 Å². The zero-order valence-corrected chi connectivity index (χ0v) is 14.5. The predicted molar refractivity (Wildman–Crippen MR) is 89.5 cm³/mol. The van der Waals surface area contributed by atoms with Gasteiger partial charge in [-0.25, -0.2) is 13.1 Å². The van der Waals surface area contributed by atoms with E-state index in [0.29, 0.717) is 22.0 Å². The minimum Gasteiger partial charge on any atom is -0.497 e. The summed E-state index contributed by atoms with van der Waals surface area (Å²) < 4.78 is 38.1. The first-order valence-corrected chi connectivity index (χ1v) is 8.63. The molecular formula is C17H21NO4S. The molecule has 5 nitrogen and oxygen atoms in total. The molecule has 23 heavy (non-hydrogen) atoms. The van der Waals surface area contributed by atoms with Gasteiger partial charge in [0.15, 0.2) is 0 Å². The molecule has 0 aromatic heterocycles. The molecule has 0 unspecified atom stereocenters. The summed E-state index contributed by atoms with van der Waals surface area (Å²) >= 11 is 0. The Kier molecular flexibility index (Phi) is 5.28. The fraction of sp³-hybridized carbons (Fsp3) is 0.294. The Morgan fingerprint density at radius 2 is 1.74 bits per heavy atom. The SMILES string of the molecule is COc1ccc(CNS(=O)(=O)c2cc(C)ccc2C)c(OC)c1. The molecule has 2 aromatic carbocycles. The Morgan fingerprint density at radius 1 is 1.00 bits per heavy atom. The van der Waals surface area contributed by atoms with E-state index in [1.807, 2.05) is 13.0 Å². The van der Waals surface area contributed by atoms with Gasteiger partial charge in [-0.05, 0) is 37.1 Å². The smallest absolute Gasteiger partial charge is 0.241 e. The third-order valence-electron chi connectivity index (χ3n) is 3.58. The van der Waals surface area contributed by atoms with Gasteiger partial charge < -0.3 is 9.47 Å². The molecule has 0 saturated carbocycles. The van der Waals surface area contributed by atoms with E-state index in [1.54, 1.807) is 44.4 Å². The third-order valence-corrected chi connectivity index (χ3v) is 5.12. The van der Waals surface area contributed by atoms with E-state index in [2.05, 4.69) is 4.72 Å². The van der Waals surface area contributed by atoms with Crippen molar-refractivity contribution in [2.45, 2.75) is 25.3 Å². The second-order valence-corrected chi connectivity index (χ2v) is 7.01. The van der Waals surface area contributed by atoms with Crippen LogP contribution in [0.15, 0.2) is 41.3 Å². The summed E-state index contributed by atoms with van der Waals surface area (Å²) in [5.41, 5.74) is 2.35.